The molecule has 0 aliphatic heterocycles. The number of Topliss-reactive ketones (excluding diaryl/α,β-unsaturated/α-hetero) is 1. The smallest absolute Gasteiger partial charge is 0.268 e. The van der Waals surface area contributed by atoms with Crippen molar-refractivity contribution in [3.63, 3.8) is 0 Å². The van der Waals surface area contributed by atoms with Gasteiger partial charge in [-0.25, -0.2) is 0 Å². The number of quaternary nitrogens is 1. The number of rotatable bonds is 24. The fourth-order valence-corrected chi connectivity index (χ4v) is 5.20. The van der Waals surface area contributed by atoms with Crippen LogP contribution >= 0.6 is 7.82 Å². The normalized spacial score (nSPS) is 13.9. The third-order valence-corrected chi connectivity index (χ3v) is 7.37. The van der Waals surface area contributed by atoms with Crippen molar-refractivity contribution < 1.29 is 37.7 Å². The molecular weight excluding hydrogens is 543 g/mol. The van der Waals surface area contributed by atoms with Crippen LogP contribution < -0.4 is 14.9 Å². The molecule has 236 valence electrons. The zero-order chi connectivity index (χ0) is 30.7. The van der Waals surface area contributed by atoms with Crippen molar-refractivity contribution in [2.24, 2.45) is 0 Å². The molecular formula is C31H55N2O7P. The quantitative estimate of drug-likeness (QED) is 0.0432. The van der Waals surface area contributed by atoms with Gasteiger partial charge in [-0.2, -0.15) is 0 Å². The van der Waals surface area contributed by atoms with E-state index in [2.05, 4.69) is 12.2 Å². The van der Waals surface area contributed by atoms with Gasteiger partial charge in [0.05, 0.1) is 32.4 Å². The highest BCUT2D eigenvalue weighted by Crippen LogP contribution is 2.35. The zero-order valence-corrected chi connectivity index (χ0v) is 27.0. The Morgan fingerprint density at radius 2 is 1.39 bits per heavy atom. The van der Waals surface area contributed by atoms with Crippen LogP contribution in [0.3, 0.4) is 0 Å². The van der Waals surface area contributed by atoms with E-state index in [0.29, 0.717) is 12.1 Å². The van der Waals surface area contributed by atoms with Crippen LogP contribution in [0.5, 0.6) is 5.75 Å². The van der Waals surface area contributed by atoms with Crippen molar-refractivity contribution in [1.29, 1.82) is 0 Å². The predicted molar refractivity (Wildman–Crippen MR) is 163 cm³/mol. The van der Waals surface area contributed by atoms with Gasteiger partial charge in [-0.15, -0.1) is 0 Å². The Labute approximate surface area is 248 Å². The van der Waals surface area contributed by atoms with Gasteiger partial charge in [-0.3, -0.25) is 18.7 Å². The number of carbonyl (C=O) groups is 2. The molecule has 41 heavy (non-hydrogen) atoms. The summed E-state index contributed by atoms with van der Waals surface area (Å²) in [5.74, 6) is -0.492. The number of amides is 1. The first-order valence-electron chi connectivity index (χ1n) is 15.5. The van der Waals surface area contributed by atoms with Crippen molar-refractivity contribution in [3.05, 3.63) is 23.8 Å². The number of benzene rings is 1. The summed E-state index contributed by atoms with van der Waals surface area (Å²) in [7, 11) is 0.304. The number of nitrogens with zero attached hydrogens (tertiary/aromatic N) is 1. The van der Waals surface area contributed by atoms with Crippen LogP contribution in [-0.2, 0) is 13.9 Å². The highest BCUT2D eigenvalue weighted by molar-refractivity contribution is 7.44. The van der Waals surface area contributed by atoms with Gasteiger partial charge in [0.15, 0.2) is 5.78 Å². The minimum absolute atomic E-state index is 0.0640. The number of anilines is 1. The van der Waals surface area contributed by atoms with E-state index in [-0.39, 0.29) is 34.0 Å². The van der Waals surface area contributed by atoms with Crippen LogP contribution in [0.4, 0.5) is 5.69 Å². The fourth-order valence-electron chi connectivity index (χ4n) is 4.80. The number of hydrogen-bond donors (Lipinski definition) is 2. The highest BCUT2D eigenvalue weighted by atomic mass is 31.2. The lowest BCUT2D eigenvalue weighted by Gasteiger charge is -2.31. The average Bonchev–Trinajstić information content (AvgIpc) is 2.84. The summed E-state index contributed by atoms with van der Waals surface area (Å²) in [5.41, 5.74) is 0.408. The summed E-state index contributed by atoms with van der Waals surface area (Å²) in [6.07, 6.45) is 17.8. The Balaban J connectivity index is 2.44. The first-order chi connectivity index (χ1) is 19.3. The molecule has 2 atom stereocenters. The van der Waals surface area contributed by atoms with Gasteiger partial charge in [-0.05, 0) is 25.5 Å². The molecule has 2 unspecified atom stereocenters. The van der Waals surface area contributed by atoms with Crippen molar-refractivity contribution in [2.75, 3.05) is 33.0 Å². The number of nitrogens with one attached hydrogen (secondary N) is 1. The van der Waals surface area contributed by atoms with Crippen LogP contribution in [0.25, 0.3) is 0 Å². The standard InChI is InChI=1S/C31H55N2O7P/c1-6-7-8-9-10-11-12-13-14-15-16-17-18-19-20-24-29(35)32-27-22-21-23-28(31(27)26(2)34)39-30(25-33(3,4)5)40-41(36,37)38/h21-23,30H,6-20,24-25H2,1-5H3,(H2-,32,34,35,36,37,38). The van der Waals surface area contributed by atoms with E-state index in [1.54, 1.807) is 33.3 Å². The summed E-state index contributed by atoms with van der Waals surface area (Å²) in [6.45, 7) is 3.66. The summed E-state index contributed by atoms with van der Waals surface area (Å²) in [6, 6.07) is 4.71. The number of hydrogen-bond acceptors (Lipinski definition) is 6. The second-order valence-corrected chi connectivity index (χ2v) is 13.2. The number of carbonyl (C=O) groups excluding carboxylic acids is 2. The van der Waals surface area contributed by atoms with Gasteiger partial charge in [0, 0.05) is 6.42 Å². The van der Waals surface area contributed by atoms with Crippen molar-refractivity contribution in [3.8, 4) is 5.75 Å². The second-order valence-electron chi connectivity index (χ2n) is 12.1. The minimum Gasteiger partial charge on any atom is -0.756 e. The second kappa shape index (κ2) is 20.2. The van der Waals surface area contributed by atoms with Gasteiger partial charge < -0.3 is 24.3 Å². The number of phosphoric acid groups is 1. The molecule has 1 aromatic rings. The lowest BCUT2D eigenvalue weighted by atomic mass is 10.0. The minimum atomic E-state index is -5.09. The molecule has 0 spiro atoms. The Hall–Kier alpha value is -1.77. The molecule has 0 saturated heterocycles. The first kappa shape index (κ1) is 37.3. The van der Waals surface area contributed by atoms with Crippen molar-refractivity contribution in [1.82, 2.24) is 0 Å². The summed E-state index contributed by atoms with van der Waals surface area (Å²) in [5, 5.41) is 2.80. The van der Waals surface area contributed by atoms with Crippen LogP contribution in [0.15, 0.2) is 18.2 Å². The first-order valence-corrected chi connectivity index (χ1v) is 16.9. The molecule has 0 heterocycles. The lowest BCUT2D eigenvalue weighted by Crippen LogP contribution is -2.44. The Morgan fingerprint density at radius 1 is 0.902 bits per heavy atom. The van der Waals surface area contributed by atoms with E-state index in [1.165, 1.54) is 90.0 Å². The number of unbranched alkanes of at least 4 members (excludes halogenated alkanes) is 14. The molecule has 0 aliphatic rings. The zero-order valence-electron chi connectivity index (χ0n) is 26.1. The fraction of sp³-hybridized carbons (Fsp3) is 0.742. The van der Waals surface area contributed by atoms with Gasteiger partial charge in [0.25, 0.3) is 14.1 Å². The van der Waals surface area contributed by atoms with E-state index in [0.717, 1.165) is 19.3 Å². The topological polar surface area (TPSA) is 125 Å². The Kier molecular flexibility index (Phi) is 18.3. The van der Waals surface area contributed by atoms with Crippen LogP contribution in [0.2, 0.25) is 0 Å². The number of likely N-dealkylation sites (N-methyl/N-ethyl adjacent to an activating group) is 1. The molecule has 1 aromatic carbocycles. The molecule has 2 N–H and O–H groups in total. The maximum atomic E-state index is 12.6. The maximum Gasteiger partial charge on any atom is 0.268 e. The Bertz CT molecular complexity index is 943. The molecule has 0 aliphatic carbocycles. The Morgan fingerprint density at radius 3 is 1.83 bits per heavy atom. The number of phosphoric ester groups is 1. The molecule has 9 nitrogen and oxygen atoms in total. The van der Waals surface area contributed by atoms with E-state index in [1.807, 2.05) is 0 Å². The highest BCUT2D eigenvalue weighted by Gasteiger charge is 2.27. The molecule has 0 fully saturated rings. The molecule has 1 rings (SSSR count). The maximum absolute atomic E-state index is 12.6. The SMILES string of the molecule is CCCCCCCCCCCCCCCCCC(=O)Nc1cccc(OC(C[N+](C)(C)C)OP(=O)([O-])O)c1C(C)=O. The molecule has 0 bridgehead atoms. The van der Waals surface area contributed by atoms with E-state index < -0.39 is 14.1 Å². The molecule has 10 heteroatoms. The molecule has 0 aromatic heterocycles. The average molecular weight is 599 g/mol. The van der Waals surface area contributed by atoms with Crippen LogP contribution in [0.1, 0.15) is 127 Å². The summed E-state index contributed by atoms with van der Waals surface area (Å²) in [4.78, 5) is 45.7. The van der Waals surface area contributed by atoms with E-state index in [9.17, 15) is 23.9 Å². The monoisotopic (exact) mass is 598 g/mol. The van der Waals surface area contributed by atoms with Crippen LogP contribution in [-0.4, -0.2) is 55.0 Å². The predicted octanol–water partition coefficient (Wildman–Crippen LogP) is 6.98. The van der Waals surface area contributed by atoms with Crippen molar-refractivity contribution >= 4 is 25.2 Å². The summed E-state index contributed by atoms with van der Waals surface area (Å²) >= 11 is 0. The lowest BCUT2D eigenvalue weighted by molar-refractivity contribution is -0.875. The third-order valence-electron chi connectivity index (χ3n) is 6.87. The van der Waals surface area contributed by atoms with Crippen LogP contribution in [0, 0.1) is 0 Å². The van der Waals surface area contributed by atoms with Gasteiger partial charge in [0.1, 0.15) is 12.3 Å². The molecule has 1 amide bonds. The molecule has 0 radical (unpaired) electrons. The van der Waals surface area contributed by atoms with E-state index >= 15 is 0 Å². The number of ketones is 1. The van der Waals surface area contributed by atoms with Gasteiger partial charge in [0.2, 0.25) is 5.91 Å². The largest absolute Gasteiger partial charge is 0.756 e. The van der Waals surface area contributed by atoms with Gasteiger partial charge >= 0.3 is 0 Å². The number of ether oxygens (including phenoxy) is 1. The van der Waals surface area contributed by atoms with Gasteiger partial charge in [-0.1, -0.05) is 103 Å². The molecule has 0 saturated carbocycles. The van der Waals surface area contributed by atoms with Crippen molar-refractivity contribution in [2.45, 2.75) is 123 Å². The van der Waals surface area contributed by atoms with E-state index in [4.69, 9.17) is 9.26 Å². The third kappa shape index (κ3) is 19.1. The summed E-state index contributed by atoms with van der Waals surface area (Å²) < 4.78 is 22.1.